The zero-order valence-corrected chi connectivity index (χ0v) is 13.2. The molecule has 1 aromatic carbocycles. The molecule has 1 N–H and O–H groups in total. The van der Waals surface area contributed by atoms with Crippen LogP contribution in [0.1, 0.15) is 45.2 Å². The van der Waals surface area contributed by atoms with Gasteiger partial charge in [0.1, 0.15) is 0 Å². The maximum Gasteiger partial charge on any atom is 0.272 e. The molecule has 0 saturated carbocycles. The fourth-order valence-electron chi connectivity index (χ4n) is 2.53. The molecule has 0 aliphatic heterocycles. The zero-order valence-electron chi connectivity index (χ0n) is 13.2. The summed E-state index contributed by atoms with van der Waals surface area (Å²) in [6.07, 6.45) is 1.85. The van der Waals surface area contributed by atoms with Crippen molar-refractivity contribution in [2.24, 2.45) is 5.41 Å². The molecular formula is C16H26N2O2. The van der Waals surface area contributed by atoms with Crippen molar-refractivity contribution >= 4 is 5.69 Å². The molecule has 1 aromatic rings. The standard InChI is InChI=1S/C16H26N2O2/c1-6-17-15(16(3,4)5)11-10-13-8-7-9-14(12(13)2)18(19)20/h7-9,15,17H,6,10-11H2,1-5H3. The van der Waals surface area contributed by atoms with E-state index < -0.39 is 0 Å². The first kappa shape index (κ1) is 16.6. The second kappa shape index (κ2) is 6.84. The van der Waals surface area contributed by atoms with Crippen LogP contribution in [0.15, 0.2) is 18.2 Å². The van der Waals surface area contributed by atoms with Crippen molar-refractivity contribution in [2.45, 2.75) is 53.5 Å². The van der Waals surface area contributed by atoms with Gasteiger partial charge in [-0.25, -0.2) is 0 Å². The number of hydrogen-bond donors (Lipinski definition) is 1. The highest BCUT2D eigenvalue weighted by molar-refractivity contribution is 5.44. The molecule has 0 fully saturated rings. The van der Waals surface area contributed by atoms with Gasteiger partial charge in [-0.1, -0.05) is 39.8 Å². The molecular weight excluding hydrogens is 252 g/mol. The van der Waals surface area contributed by atoms with Crippen LogP contribution in [-0.2, 0) is 6.42 Å². The lowest BCUT2D eigenvalue weighted by atomic mass is 9.83. The Morgan fingerprint density at radius 1 is 1.35 bits per heavy atom. The van der Waals surface area contributed by atoms with Gasteiger partial charge in [-0.2, -0.15) is 0 Å². The van der Waals surface area contributed by atoms with Gasteiger partial charge in [-0.15, -0.1) is 0 Å². The predicted octanol–water partition coefficient (Wildman–Crippen LogP) is 3.86. The number of nitrogens with zero attached hydrogens (tertiary/aromatic N) is 1. The van der Waals surface area contributed by atoms with E-state index in [0.717, 1.165) is 30.5 Å². The summed E-state index contributed by atoms with van der Waals surface area (Å²) in [7, 11) is 0. The van der Waals surface area contributed by atoms with Crippen molar-refractivity contribution in [3.8, 4) is 0 Å². The monoisotopic (exact) mass is 278 g/mol. The molecule has 0 amide bonds. The first-order valence-electron chi connectivity index (χ1n) is 7.23. The summed E-state index contributed by atoms with van der Waals surface area (Å²) in [5.74, 6) is 0. The second-order valence-corrected chi connectivity index (χ2v) is 6.33. The van der Waals surface area contributed by atoms with Crippen LogP contribution >= 0.6 is 0 Å². The molecule has 0 aromatic heterocycles. The Morgan fingerprint density at radius 2 is 2.00 bits per heavy atom. The third kappa shape index (κ3) is 4.30. The number of aryl methyl sites for hydroxylation is 1. The Labute approximate surface area is 121 Å². The number of hydrogen-bond acceptors (Lipinski definition) is 3. The summed E-state index contributed by atoms with van der Waals surface area (Å²) in [5, 5.41) is 14.5. The third-order valence-electron chi connectivity index (χ3n) is 3.81. The summed E-state index contributed by atoms with van der Waals surface area (Å²) >= 11 is 0. The Balaban J connectivity index is 2.83. The van der Waals surface area contributed by atoms with Gasteiger partial charge in [-0.3, -0.25) is 10.1 Å². The molecule has 4 nitrogen and oxygen atoms in total. The number of nitrogens with one attached hydrogen (secondary N) is 1. The minimum absolute atomic E-state index is 0.185. The number of benzene rings is 1. The van der Waals surface area contributed by atoms with Crippen LogP contribution in [0.2, 0.25) is 0 Å². The minimum atomic E-state index is -0.301. The lowest BCUT2D eigenvalue weighted by molar-refractivity contribution is -0.385. The maximum atomic E-state index is 11.0. The highest BCUT2D eigenvalue weighted by Crippen LogP contribution is 2.26. The first-order chi connectivity index (χ1) is 9.27. The SMILES string of the molecule is CCNC(CCc1cccc([N+](=O)[O-])c1C)C(C)(C)C. The van der Waals surface area contributed by atoms with E-state index in [9.17, 15) is 10.1 Å². The minimum Gasteiger partial charge on any atom is -0.314 e. The van der Waals surface area contributed by atoms with Gasteiger partial charge in [0.15, 0.2) is 0 Å². The number of rotatable bonds is 6. The normalized spacial score (nSPS) is 13.2. The van der Waals surface area contributed by atoms with E-state index >= 15 is 0 Å². The Morgan fingerprint density at radius 3 is 2.50 bits per heavy atom. The lowest BCUT2D eigenvalue weighted by Gasteiger charge is -2.31. The smallest absolute Gasteiger partial charge is 0.272 e. The van der Waals surface area contributed by atoms with Gasteiger partial charge < -0.3 is 5.32 Å². The van der Waals surface area contributed by atoms with Crippen LogP contribution in [0.3, 0.4) is 0 Å². The van der Waals surface area contributed by atoms with Crippen LogP contribution in [-0.4, -0.2) is 17.5 Å². The van der Waals surface area contributed by atoms with Crippen LogP contribution in [0.25, 0.3) is 0 Å². The van der Waals surface area contributed by atoms with Crippen molar-refractivity contribution in [3.05, 3.63) is 39.4 Å². The van der Waals surface area contributed by atoms with E-state index in [1.165, 1.54) is 0 Å². The molecule has 0 saturated heterocycles. The molecule has 0 radical (unpaired) electrons. The average molecular weight is 278 g/mol. The Hall–Kier alpha value is -1.42. The summed E-state index contributed by atoms with van der Waals surface area (Å²) in [4.78, 5) is 10.7. The molecule has 20 heavy (non-hydrogen) atoms. The molecule has 0 bridgehead atoms. The van der Waals surface area contributed by atoms with Gasteiger partial charge in [0.2, 0.25) is 0 Å². The maximum absolute atomic E-state index is 11.0. The van der Waals surface area contributed by atoms with Gasteiger partial charge in [0, 0.05) is 17.7 Å². The van der Waals surface area contributed by atoms with E-state index in [-0.39, 0.29) is 16.0 Å². The molecule has 112 valence electrons. The largest absolute Gasteiger partial charge is 0.314 e. The lowest BCUT2D eigenvalue weighted by Crippen LogP contribution is -2.40. The van der Waals surface area contributed by atoms with Crippen molar-refractivity contribution in [3.63, 3.8) is 0 Å². The summed E-state index contributed by atoms with van der Waals surface area (Å²) in [5.41, 5.74) is 2.27. The molecule has 1 unspecified atom stereocenters. The van der Waals surface area contributed by atoms with Gasteiger partial charge in [0.05, 0.1) is 4.92 Å². The average Bonchev–Trinajstić information content (AvgIpc) is 2.34. The zero-order chi connectivity index (χ0) is 15.3. The quantitative estimate of drug-likeness (QED) is 0.635. The summed E-state index contributed by atoms with van der Waals surface area (Å²) in [6.45, 7) is 11.6. The van der Waals surface area contributed by atoms with E-state index in [1.54, 1.807) is 12.1 Å². The third-order valence-corrected chi connectivity index (χ3v) is 3.81. The van der Waals surface area contributed by atoms with Gasteiger partial charge in [-0.05, 0) is 37.3 Å². The predicted molar refractivity (Wildman–Crippen MR) is 83.1 cm³/mol. The van der Waals surface area contributed by atoms with E-state index in [1.807, 2.05) is 13.0 Å². The second-order valence-electron chi connectivity index (χ2n) is 6.33. The van der Waals surface area contributed by atoms with Crippen LogP contribution in [0.5, 0.6) is 0 Å². The first-order valence-corrected chi connectivity index (χ1v) is 7.23. The van der Waals surface area contributed by atoms with Gasteiger partial charge in [0.25, 0.3) is 5.69 Å². The van der Waals surface area contributed by atoms with Crippen molar-refractivity contribution < 1.29 is 4.92 Å². The summed E-state index contributed by atoms with van der Waals surface area (Å²) < 4.78 is 0. The number of nitro benzene ring substituents is 1. The highest BCUT2D eigenvalue weighted by atomic mass is 16.6. The van der Waals surface area contributed by atoms with Crippen LogP contribution in [0, 0.1) is 22.5 Å². The molecule has 1 rings (SSSR count). The van der Waals surface area contributed by atoms with Crippen LogP contribution < -0.4 is 5.32 Å². The van der Waals surface area contributed by atoms with E-state index in [4.69, 9.17) is 0 Å². The summed E-state index contributed by atoms with van der Waals surface area (Å²) in [6, 6.07) is 5.75. The molecule has 1 atom stereocenters. The molecule has 4 heteroatoms. The van der Waals surface area contributed by atoms with Crippen molar-refractivity contribution in [1.82, 2.24) is 5.32 Å². The Kier molecular flexibility index (Phi) is 5.69. The van der Waals surface area contributed by atoms with Crippen molar-refractivity contribution in [1.29, 1.82) is 0 Å². The fourth-order valence-corrected chi connectivity index (χ4v) is 2.53. The van der Waals surface area contributed by atoms with E-state index in [2.05, 4.69) is 33.0 Å². The molecule has 0 aliphatic rings. The number of nitro groups is 1. The highest BCUT2D eigenvalue weighted by Gasteiger charge is 2.24. The molecule has 0 heterocycles. The van der Waals surface area contributed by atoms with Gasteiger partial charge >= 0.3 is 0 Å². The topological polar surface area (TPSA) is 55.2 Å². The van der Waals surface area contributed by atoms with Crippen molar-refractivity contribution in [2.75, 3.05) is 6.54 Å². The van der Waals surface area contributed by atoms with Crippen LogP contribution in [0.4, 0.5) is 5.69 Å². The molecule has 0 aliphatic carbocycles. The fraction of sp³-hybridized carbons (Fsp3) is 0.625. The van der Waals surface area contributed by atoms with E-state index in [0.29, 0.717) is 6.04 Å². The molecule has 0 spiro atoms. The Bertz CT molecular complexity index is 464.